The Morgan fingerprint density at radius 3 is 1.97 bits per heavy atom. The highest BCUT2D eigenvalue weighted by Gasteiger charge is 2.25. The summed E-state index contributed by atoms with van der Waals surface area (Å²) in [5.74, 6) is 1.75. The first-order valence-electron chi connectivity index (χ1n) is 28.1. The van der Waals surface area contributed by atoms with Crippen molar-refractivity contribution >= 4 is 32.8 Å². The lowest BCUT2D eigenvalue weighted by Crippen LogP contribution is -2.31. The van der Waals surface area contributed by atoms with Crippen LogP contribution in [0.1, 0.15) is 88.6 Å². The first kappa shape index (κ1) is 38.7. The van der Waals surface area contributed by atoms with Gasteiger partial charge in [-0.25, -0.2) is 4.98 Å². The minimum absolute atomic E-state index is 0.0919. The molecule has 0 atom stereocenters. The van der Waals surface area contributed by atoms with Crippen LogP contribution in [0.3, 0.4) is 0 Å². The van der Waals surface area contributed by atoms with Crippen molar-refractivity contribution in [3.63, 3.8) is 0 Å². The quantitative estimate of drug-likeness (QED) is 0.107. The molecular formula is C67H62N4O. The van der Waals surface area contributed by atoms with Gasteiger partial charge in [-0.15, -0.1) is 0 Å². The molecular weight excluding hydrogens is 877 g/mol. The summed E-state index contributed by atoms with van der Waals surface area (Å²) in [6.07, 6.45) is 3.81. The molecule has 0 saturated carbocycles. The number of imidazole rings is 1. The van der Waals surface area contributed by atoms with Gasteiger partial charge in [-0.05, 0) is 127 Å². The van der Waals surface area contributed by atoms with Crippen molar-refractivity contribution < 1.29 is 18.9 Å². The van der Waals surface area contributed by atoms with Crippen molar-refractivity contribution in [1.82, 2.24) is 14.1 Å². The second-order valence-corrected chi connectivity index (χ2v) is 21.7. The van der Waals surface area contributed by atoms with E-state index in [1.807, 2.05) is 121 Å². The molecule has 0 aliphatic heterocycles. The predicted molar refractivity (Wildman–Crippen MR) is 299 cm³/mol. The summed E-state index contributed by atoms with van der Waals surface area (Å²) in [5.41, 5.74) is 10.7. The third-order valence-electron chi connectivity index (χ3n) is 13.2. The van der Waals surface area contributed by atoms with E-state index >= 15 is 0 Å². The van der Waals surface area contributed by atoms with E-state index in [0.29, 0.717) is 34.1 Å². The largest absolute Gasteiger partial charge is 0.458 e. The zero-order valence-corrected chi connectivity index (χ0v) is 42.4. The van der Waals surface area contributed by atoms with E-state index in [0.717, 1.165) is 71.9 Å². The van der Waals surface area contributed by atoms with Gasteiger partial charge in [0.05, 0.1) is 40.3 Å². The highest BCUT2D eigenvalue weighted by molar-refractivity contribution is 6.09. The molecule has 0 radical (unpaired) electrons. The Kier molecular flexibility index (Phi) is 9.67. The van der Waals surface area contributed by atoms with Crippen molar-refractivity contribution in [3.8, 4) is 62.1 Å². The molecule has 0 fully saturated rings. The van der Waals surface area contributed by atoms with E-state index in [9.17, 15) is 2.74 Å². The van der Waals surface area contributed by atoms with Crippen LogP contribution in [-0.4, -0.2) is 14.1 Å². The smallest absolute Gasteiger partial charge is 0.269 e. The summed E-state index contributed by atoms with van der Waals surface area (Å²) >= 11 is 0. The van der Waals surface area contributed by atoms with Gasteiger partial charge in [0.25, 0.3) is 6.33 Å². The van der Waals surface area contributed by atoms with E-state index in [1.54, 1.807) is 12.3 Å². The van der Waals surface area contributed by atoms with Gasteiger partial charge in [-0.3, -0.25) is 13.7 Å². The summed E-state index contributed by atoms with van der Waals surface area (Å²) in [7, 11) is 0. The fraction of sp³-hybridized carbons (Fsp3) is 0.194. The predicted octanol–water partition coefficient (Wildman–Crippen LogP) is 17.2. The van der Waals surface area contributed by atoms with Crippen LogP contribution < -0.4 is 9.30 Å². The number of pyridine rings is 1. The van der Waals surface area contributed by atoms with Crippen molar-refractivity contribution in [3.05, 3.63) is 223 Å². The van der Waals surface area contributed by atoms with Gasteiger partial charge < -0.3 is 4.74 Å². The van der Waals surface area contributed by atoms with Gasteiger partial charge in [0.1, 0.15) is 17.3 Å². The molecule has 0 unspecified atom stereocenters. The maximum absolute atomic E-state index is 9.33. The topological polar surface area (TPSA) is 35.9 Å². The molecule has 356 valence electrons. The van der Waals surface area contributed by atoms with Gasteiger partial charge in [0, 0.05) is 25.8 Å². The summed E-state index contributed by atoms with van der Waals surface area (Å²) in [4.78, 5) is 4.81. The highest BCUT2D eigenvalue weighted by Crippen LogP contribution is 2.40. The Morgan fingerprint density at radius 2 is 1.24 bits per heavy atom. The van der Waals surface area contributed by atoms with Gasteiger partial charge in [-0.1, -0.05) is 196 Å². The van der Waals surface area contributed by atoms with Crippen molar-refractivity contribution in [2.75, 3.05) is 0 Å². The molecule has 3 heterocycles. The number of benzene rings is 8. The average molecular weight is 946 g/mol. The second-order valence-electron chi connectivity index (χ2n) is 21.7. The number of ether oxygens (including phenoxy) is 1. The minimum Gasteiger partial charge on any atom is -0.458 e. The van der Waals surface area contributed by atoms with Crippen LogP contribution in [0.4, 0.5) is 0 Å². The lowest BCUT2D eigenvalue weighted by atomic mass is 9.78. The summed E-state index contributed by atoms with van der Waals surface area (Å²) in [6.45, 7) is 18.9. The van der Waals surface area contributed by atoms with Crippen LogP contribution in [0.25, 0.3) is 83.4 Å². The number of aromatic nitrogens is 4. The average Bonchev–Trinajstić information content (AvgIpc) is 4.24. The van der Waals surface area contributed by atoms with Crippen molar-refractivity contribution in [2.24, 2.45) is 5.41 Å². The Bertz CT molecular complexity index is 4150. The summed E-state index contributed by atoms with van der Waals surface area (Å²) < 4.78 is 75.9. The molecule has 0 amide bonds. The molecule has 11 rings (SSSR count). The van der Waals surface area contributed by atoms with Crippen LogP contribution in [-0.2, 0) is 17.2 Å². The first-order valence-corrected chi connectivity index (χ1v) is 24.6. The van der Waals surface area contributed by atoms with Crippen LogP contribution in [0.2, 0.25) is 0 Å². The SMILES string of the molecule is [2H]c1c([2H])c([2H])c(-c2cccc(-c3cc(C(C)(C)C)cc(C(C)(C)C)c3)c2-[n+]2[c-]n(-c3cccc(Oc4ccc5c6ccccc6n(-c6cc(C([2H])([2H])C(C)(C)C)ccn6)c5c4)c3)c3cc(-c4ccccc4)ccc32)c([2H])c1[2H]. The number of hydrogen-bond acceptors (Lipinski definition) is 2. The standard InChI is InChI=1S/C67H62N4O/c1-65(2,3)43-45-34-35-68-63(36-45)71-59-29-17-16-26-57(59)58-32-31-54(42-61(58)71)72-53-25-18-24-52(41-53)69-44-70(60-33-30-48(39-62(60)69)46-20-12-10-13-21-46)64-55(47-22-14-11-15-23-47)27-19-28-56(64)49-37-50(66(4,5)6)40-51(38-49)67(7,8)9/h10-42H,43H2,1-9H3/i11D,14D,15D,22D,23D,43D2. The molecule has 0 bridgehead atoms. The summed E-state index contributed by atoms with van der Waals surface area (Å²) in [5, 5.41) is 2.03. The van der Waals surface area contributed by atoms with E-state index in [4.69, 9.17) is 16.6 Å². The fourth-order valence-corrected chi connectivity index (χ4v) is 9.66. The monoisotopic (exact) mass is 946 g/mol. The molecule has 0 aliphatic rings. The fourth-order valence-electron chi connectivity index (χ4n) is 9.66. The minimum atomic E-state index is -1.63. The molecule has 72 heavy (non-hydrogen) atoms. The molecule has 3 aromatic heterocycles. The number of para-hydroxylation sites is 2. The van der Waals surface area contributed by atoms with Crippen LogP contribution >= 0.6 is 0 Å². The maximum Gasteiger partial charge on any atom is 0.269 e. The van der Waals surface area contributed by atoms with E-state index in [1.165, 1.54) is 0 Å². The Morgan fingerprint density at radius 1 is 0.556 bits per heavy atom. The van der Waals surface area contributed by atoms with Gasteiger partial charge in [0.15, 0.2) is 0 Å². The van der Waals surface area contributed by atoms with Crippen LogP contribution in [0.15, 0.2) is 200 Å². The van der Waals surface area contributed by atoms with Crippen LogP contribution in [0.5, 0.6) is 11.5 Å². The lowest BCUT2D eigenvalue weighted by Gasteiger charge is -2.27. The normalized spacial score (nSPS) is 13.9. The molecule has 5 nitrogen and oxygen atoms in total. The Balaban J connectivity index is 1.12. The highest BCUT2D eigenvalue weighted by atomic mass is 16.5. The van der Waals surface area contributed by atoms with Crippen molar-refractivity contribution in [1.29, 1.82) is 0 Å². The van der Waals surface area contributed by atoms with Crippen molar-refractivity contribution in [2.45, 2.75) is 79.5 Å². The van der Waals surface area contributed by atoms with Crippen LogP contribution in [0, 0.1) is 11.7 Å². The second kappa shape index (κ2) is 18.0. The third-order valence-corrected chi connectivity index (χ3v) is 13.2. The van der Waals surface area contributed by atoms with Gasteiger partial charge in [0.2, 0.25) is 0 Å². The molecule has 0 spiro atoms. The third kappa shape index (κ3) is 9.01. The Hall–Kier alpha value is -8.02. The van der Waals surface area contributed by atoms with E-state index in [-0.39, 0.29) is 28.5 Å². The zero-order chi connectivity index (χ0) is 56.1. The first-order chi connectivity index (χ1) is 37.4. The molecule has 5 heteroatoms. The van der Waals surface area contributed by atoms with Gasteiger partial charge in [-0.2, -0.15) is 0 Å². The van der Waals surface area contributed by atoms with Gasteiger partial charge >= 0.3 is 0 Å². The lowest BCUT2D eigenvalue weighted by molar-refractivity contribution is -0.571. The number of fused-ring (bicyclic) bond motifs is 4. The molecule has 0 aliphatic carbocycles. The number of nitrogens with zero attached hydrogens (tertiary/aromatic N) is 4. The maximum atomic E-state index is 9.33. The molecule has 0 saturated heterocycles. The molecule has 11 aromatic rings. The summed E-state index contributed by atoms with van der Waals surface area (Å²) in [6, 6.07) is 52.7. The number of rotatable bonds is 9. The molecule has 8 aromatic carbocycles. The van der Waals surface area contributed by atoms with E-state index < -0.39 is 29.9 Å². The Labute approximate surface area is 434 Å². The number of hydrogen-bond donors (Lipinski definition) is 0. The molecule has 0 N–H and O–H groups in total. The van der Waals surface area contributed by atoms with E-state index in [2.05, 4.69) is 119 Å². The zero-order valence-electron chi connectivity index (χ0n) is 49.4.